The molecule has 2 heterocycles. The molecule has 1 aliphatic heterocycles. The Morgan fingerprint density at radius 1 is 0.923 bits per heavy atom. The van der Waals surface area contributed by atoms with Crippen LogP contribution in [0.5, 0.6) is 5.75 Å². The summed E-state index contributed by atoms with van der Waals surface area (Å²) in [7, 11) is 0. The van der Waals surface area contributed by atoms with Crippen molar-refractivity contribution in [1.82, 2.24) is 9.88 Å². The summed E-state index contributed by atoms with van der Waals surface area (Å²) in [6, 6.07) is 21.6. The number of hydrogen-bond acceptors (Lipinski definition) is 4. The Hall–Kier alpha value is -3.20. The maximum absolute atomic E-state index is 12.8. The van der Waals surface area contributed by atoms with E-state index in [0.717, 1.165) is 16.5 Å². The predicted octanol–water partition coefficient (Wildman–Crippen LogP) is 7.44. The van der Waals surface area contributed by atoms with E-state index in [2.05, 4.69) is 10.3 Å². The van der Waals surface area contributed by atoms with Crippen molar-refractivity contribution in [1.29, 1.82) is 0 Å². The molecular formula is C29H26Cl2F3N3O2. The highest BCUT2D eigenvalue weighted by Crippen LogP contribution is 2.33. The largest absolute Gasteiger partial charge is 0.481 e. The summed E-state index contributed by atoms with van der Waals surface area (Å²) in [5, 5.41) is 5.40. The summed E-state index contributed by atoms with van der Waals surface area (Å²) >= 11 is 12.2. The lowest BCUT2D eigenvalue weighted by Gasteiger charge is -2.33. The molecule has 4 aromatic rings. The van der Waals surface area contributed by atoms with Gasteiger partial charge in [0, 0.05) is 46.3 Å². The molecule has 1 atom stereocenters. The Balaban J connectivity index is 1.45. The van der Waals surface area contributed by atoms with Gasteiger partial charge in [-0.3, -0.25) is 9.69 Å². The minimum absolute atomic E-state index is 0.0551. The number of halogens is 5. The van der Waals surface area contributed by atoms with E-state index in [4.69, 9.17) is 27.9 Å². The van der Waals surface area contributed by atoms with E-state index in [1.807, 2.05) is 30.3 Å². The van der Waals surface area contributed by atoms with Crippen LogP contribution >= 0.6 is 23.2 Å². The number of nitrogens with zero attached hydrogens (tertiary/aromatic N) is 1. The van der Waals surface area contributed by atoms with Gasteiger partial charge in [-0.1, -0.05) is 41.4 Å². The fourth-order valence-electron chi connectivity index (χ4n) is 4.88. The number of pyridine rings is 1. The lowest BCUT2D eigenvalue weighted by atomic mass is 9.98. The quantitative estimate of drug-likeness (QED) is 0.240. The molecule has 2 N–H and O–H groups in total. The third kappa shape index (κ3) is 7.06. The summed E-state index contributed by atoms with van der Waals surface area (Å²) in [6.07, 6.45) is -3.62. The van der Waals surface area contributed by atoms with Crippen LogP contribution in [0.1, 0.15) is 30.1 Å². The second kappa shape index (κ2) is 11.5. The molecular weight excluding hydrogens is 550 g/mol. The van der Waals surface area contributed by atoms with Gasteiger partial charge in [-0.2, -0.15) is 13.2 Å². The summed E-state index contributed by atoms with van der Waals surface area (Å²) in [4.78, 5) is 16.7. The smallest absolute Gasteiger partial charge is 0.401 e. The number of anilines is 1. The third-order valence-corrected chi connectivity index (χ3v) is 7.26. The summed E-state index contributed by atoms with van der Waals surface area (Å²) in [5.74, 6) is 0.630. The first-order valence-corrected chi connectivity index (χ1v) is 13.3. The topological polar surface area (TPSA) is 57.4 Å². The average molecular weight is 576 g/mol. The van der Waals surface area contributed by atoms with Gasteiger partial charge in [0.15, 0.2) is 0 Å². The number of rotatable bonds is 7. The molecule has 0 aliphatic carbocycles. The van der Waals surface area contributed by atoms with Crippen LogP contribution < -0.4 is 15.6 Å². The lowest BCUT2D eigenvalue weighted by molar-refractivity contribution is -0.147. The molecule has 0 saturated carbocycles. The lowest BCUT2D eigenvalue weighted by Crippen LogP contribution is -2.43. The molecule has 1 saturated heterocycles. The van der Waals surface area contributed by atoms with Gasteiger partial charge in [0.05, 0.1) is 12.1 Å². The molecule has 10 heteroatoms. The number of aromatic nitrogens is 1. The van der Waals surface area contributed by atoms with Gasteiger partial charge < -0.3 is 15.0 Å². The fourth-order valence-corrected chi connectivity index (χ4v) is 5.13. The monoisotopic (exact) mass is 575 g/mol. The first kappa shape index (κ1) is 27.4. The van der Waals surface area contributed by atoms with Crippen molar-refractivity contribution in [3.63, 3.8) is 0 Å². The molecule has 0 radical (unpaired) electrons. The van der Waals surface area contributed by atoms with Crippen molar-refractivity contribution in [2.24, 2.45) is 0 Å². The van der Waals surface area contributed by atoms with Crippen molar-refractivity contribution < 1.29 is 17.9 Å². The normalized spacial score (nSPS) is 15.8. The number of likely N-dealkylation sites (tertiary alicyclic amines) is 1. The Labute approximate surface area is 233 Å². The molecule has 5 rings (SSSR count). The zero-order valence-corrected chi connectivity index (χ0v) is 22.3. The van der Waals surface area contributed by atoms with Crippen molar-refractivity contribution in [2.45, 2.75) is 31.2 Å². The predicted molar refractivity (Wildman–Crippen MR) is 149 cm³/mol. The SMILES string of the molecule is O=c1cc(NC2CCN(CC(F)(F)F)CC2)c2cc(C(Oc3ccc(Cl)cc3)c3ccc(Cl)cc3)ccc2[nH]1. The maximum Gasteiger partial charge on any atom is 0.401 e. The van der Waals surface area contributed by atoms with E-state index in [0.29, 0.717) is 52.9 Å². The Morgan fingerprint density at radius 3 is 2.18 bits per heavy atom. The average Bonchev–Trinajstić information content (AvgIpc) is 2.89. The molecule has 1 unspecified atom stereocenters. The van der Waals surface area contributed by atoms with E-state index < -0.39 is 18.8 Å². The molecule has 39 heavy (non-hydrogen) atoms. The highest BCUT2D eigenvalue weighted by atomic mass is 35.5. The van der Waals surface area contributed by atoms with Crippen molar-refractivity contribution in [3.05, 3.63) is 104 Å². The number of alkyl halides is 3. The second-order valence-electron chi connectivity index (χ2n) is 9.67. The Bertz CT molecular complexity index is 1480. The van der Waals surface area contributed by atoms with Crippen LogP contribution in [-0.2, 0) is 0 Å². The standard InChI is InChI=1S/C29H26Cl2F3N3O2/c30-20-4-1-18(2-5-20)28(39-23-8-6-21(31)7-9-23)19-3-10-25-24(15-19)26(16-27(38)36-25)35-22-11-13-37(14-12-22)17-29(32,33)34/h1-10,15-16,22,28H,11-14,17H2,(H2,35,36,38). The van der Waals surface area contributed by atoms with Gasteiger partial charge in [-0.05, 0) is 72.5 Å². The summed E-state index contributed by atoms with van der Waals surface area (Å²) in [6.45, 7) is -0.245. The maximum atomic E-state index is 12.8. The number of H-pyrrole nitrogens is 1. The van der Waals surface area contributed by atoms with Gasteiger partial charge >= 0.3 is 6.18 Å². The minimum atomic E-state index is -4.21. The molecule has 0 amide bonds. The number of benzene rings is 3. The van der Waals surface area contributed by atoms with E-state index >= 15 is 0 Å². The van der Waals surface area contributed by atoms with Crippen LogP contribution in [0.3, 0.4) is 0 Å². The number of nitrogens with one attached hydrogen (secondary N) is 2. The van der Waals surface area contributed by atoms with Crippen LogP contribution in [0.15, 0.2) is 77.6 Å². The van der Waals surface area contributed by atoms with Crippen molar-refractivity contribution in [2.75, 3.05) is 25.0 Å². The van der Waals surface area contributed by atoms with E-state index in [1.54, 1.807) is 36.4 Å². The zero-order valence-electron chi connectivity index (χ0n) is 20.8. The van der Waals surface area contributed by atoms with Gasteiger partial charge in [0.1, 0.15) is 11.9 Å². The van der Waals surface area contributed by atoms with Crippen molar-refractivity contribution in [3.8, 4) is 5.75 Å². The first-order valence-electron chi connectivity index (χ1n) is 12.5. The van der Waals surface area contributed by atoms with Crippen LogP contribution in [0.2, 0.25) is 10.0 Å². The van der Waals surface area contributed by atoms with Crippen LogP contribution in [0.25, 0.3) is 10.9 Å². The molecule has 1 aliphatic rings. The van der Waals surface area contributed by atoms with Crippen LogP contribution in [0.4, 0.5) is 18.9 Å². The fraction of sp³-hybridized carbons (Fsp3) is 0.276. The second-order valence-corrected chi connectivity index (χ2v) is 10.5. The van der Waals surface area contributed by atoms with Gasteiger partial charge in [-0.25, -0.2) is 0 Å². The van der Waals surface area contributed by atoms with E-state index in [1.165, 1.54) is 11.0 Å². The van der Waals surface area contributed by atoms with Gasteiger partial charge in [0.2, 0.25) is 5.56 Å². The minimum Gasteiger partial charge on any atom is -0.481 e. The molecule has 3 aromatic carbocycles. The summed E-state index contributed by atoms with van der Waals surface area (Å²) < 4.78 is 44.8. The van der Waals surface area contributed by atoms with Crippen LogP contribution in [-0.4, -0.2) is 41.7 Å². The number of ether oxygens (including phenoxy) is 1. The number of fused-ring (bicyclic) bond motifs is 1. The van der Waals surface area contributed by atoms with Gasteiger partial charge in [0.25, 0.3) is 0 Å². The molecule has 5 nitrogen and oxygen atoms in total. The number of piperidine rings is 1. The highest BCUT2D eigenvalue weighted by Gasteiger charge is 2.32. The Morgan fingerprint density at radius 2 is 1.54 bits per heavy atom. The first-order chi connectivity index (χ1) is 18.6. The molecule has 0 spiro atoms. The van der Waals surface area contributed by atoms with E-state index in [-0.39, 0.29) is 11.6 Å². The third-order valence-electron chi connectivity index (χ3n) is 6.76. The summed E-state index contributed by atoms with van der Waals surface area (Å²) in [5.41, 5.74) is 2.73. The van der Waals surface area contributed by atoms with E-state index in [9.17, 15) is 18.0 Å². The zero-order chi connectivity index (χ0) is 27.6. The number of aromatic amines is 1. The molecule has 0 bridgehead atoms. The Kier molecular flexibility index (Phi) is 8.07. The van der Waals surface area contributed by atoms with Gasteiger partial charge in [-0.15, -0.1) is 0 Å². The molecule has 1 aromatic heterocycles. The number of hydrogen-bond donors (Lipinski definition) is 2. The highest BCUT2D eigenvalue weighted by molar-refractivity contribution is 6.30. The molecule has 204 valence electrons. The van der Waals surface area contributed by atoms with Crippen LogP contribution in [0, 0.1) is 0 Å². The molecule has 1 fully saturated rings. The van der Waals surface area contributed by atoms with Crippen molar-refractivity contribution >= 4 is 39.8 Å².